The van der Waals surface area contributed by atoms with Crippen LogP contribution in [0, 0.1) is 6.92 Å². The highest BCUT2D eigenvalue weighted by atomic mass is 16.2. The van der Waals surface area contributed by atoms with Crippen LogP contribution in [0.15, 0.2) is 84.9 Å². The van der Waals surface area contributed by atoms with Gasteiger partial charge in [-0.25, -0.2) is 4.68 Å². The van der Waals surface area contributed by atoms with Crippen LogP contribution in [-0.4, -0.2) is 39.6 Å². The number of hydrogen-bond acceptors (Lipinski definition) is 3. The molecule has 0 atom stereocenters. The van der Waals surface area contributed by atoms with Crippen LogP contribution in [0.3, 0.4) is 0 Å². The van der Waals surface area contributed by atoms with Gasteiger partial charge in [0.05, 0.1) is 11.4 Å². The molecule has 0 aliphatic rings. The Morgan fingerprint density at radius 1 is 0.895 bits per heavy atom. The van der Waals surface area contributed by atoms with Gasteiger partial charge in [-0.15, -0.1) is 0 Å². The molecule has 4 aromatic rings. The summed E-state index contributed by atoms with van der Waals surface area (Å²) in [5.74, 6) is 0.160. The van der Waals surface area contributed by atoms with Crippen molar-refractivity contribution in [2.75, 3.05) is 18.4 Å². The van der Waals surface area contributed by atoms with Gasteiger partial charge in [0, 0.05) is 23.6 Å². The van der Waals surface area contributed by atoms with E-state index in [2.05, 4.69) is 26.1 Å². The number of aromatic nitrogens is 2. The summed E-state index contributed by atoms with van der Waals surface area (Å²) in [6, 6.07) is 27.5. The van der Waals surface area contributed by atoms with E-state index in [1.807, 2.05) is 98.8 Å². The number of benzene rings is 3. The van der Waals surface area contributed by atoms with Gasteiger partial charge in [-0.05, 0) is 54.3 Å². The molecular formula is C32H36N4O2. The predicted molar refractivity (Wildman–Crippen MR) is 154 cm³/mol. The van der Waals surface area contributed by atoms with E-state index in [1.165, 1.54) is 0 Å². The third-order valence-corrected chi connectivity index (χ3v) is 6.35. The highest BCUT2D eigenvalue weighted by molar-refractivity contribution is 5.99. The molecular weight excluding hydrogens is 472 g/mol. The van der Waals surface area contributed by atoms with E-state index >= 15 is 0 Å². The number of nitrogens with zero attached hydrogens (tertiary/aromatic N) is 3. The molecule has 0 spiro atoms. The minimum Gasteiger partial charge on any atom is -0.329 e. The van der Waals surface area contributed by atoms with Gasteiger partial charge in [-0.1, -0.05) is 82.3 Å². The number of aryl methyl sites for hydroxylation is 1. The van der Waals surface area contributed by atoms with Crippen molar-refractivity contribution in [3.63, 3.8) is 0 Å². The minimum atomic E-state index is -0.262. The zero-order valence-corrected chi connectivity index (χ0v) is 22.9. The van der Waals surface area contributed by atoms with Crippen LogP contribution in [0.1, 0.15) is 55.7 Å². The third kappa shape index (κ3) is 6.38. The lowest BCUT2D eigenvalue weighted by molar-refractivity contribution is -0.116. The average molecular weight is 509 g/mol. The van der Waals surface area contributed by atoms with E-state index in [0.29, 0.717) is 17.9 Å². The summed E-state index contributed by atoms with van der Waals surface area (Å²) in [4.78, 5) is 28.2. The quantitative estimate of drug-likeness (QED) is 0.290. The monoisotopic (exact) mass is 508 g/mol. The van der Waals surface area contributed by atoms with E-state index in [0.717, 1.165) is 34.5 Å². The molecule has 1 aromatic heterocycles. The maximum atomic E-state index is 13.4. The zero-order valence-electron chi connectivity index (χ0n) is 22.9. The van der Waals surface area contributed by atoms with Gasteiger partial charge in [0.25, 0.3) is 5.91 Å². The van der Waals surface area contributed by atoms with Crippen LogP contribution in [0.5, 0.6) is 0 Å². The van der Waals surface area contributed by atoms with E-state index in [-0.39, 0.29) is 23.8 Å². The zero-order chi connectivity index (χ0) is 27.3. The van der Waals surface area contributed by atoms with Crippen molar-refractivity contribution in [1.82, 2.24) is 14.7 Å². The van der Waals surface area contributed by atoms with Gasteiger partial charge in [0.2, 0.25) is 5.91 Å². The molecule has 196 valence electrons. The lowest BCUT2D eigenvalue weighted by Crippen LogP contribution is -2.38. The molecule has 2 amide bonds. The largest absolute Gasteiger partial charge is 0.329 e. The summed E-state index contributed by atoms with van der Waals surface area (Å²) < 4.78 is 1.76. The Hall–Kier alpha value is -4.19. The van der Waals surface area contributed by atoms with Crippen molar-refractivity contribution in [2.45, 2.75) is 46.5 Å². The van der Waals surface area contributed by atoms with Gasteiger partial charge in [-0.3, -0.25) is 9.59 Å². The van der Waals surface area contributed by atoms with Crippen molar-refractivity contribution in [3.05, 3.63) is 102 Å². The fraction of sp³-hybridized carbons (Fsp3) is 0.281. The molecule has 0 unspecified atom stereocenters. The summed E-state index contributed by atoms with van der Waals surface area (Å²) in [5.41, 5.74) is 5.35. The van der Waals surface area contributed by atoms with E-state index in [4.69, 9.17) is 5.10 Å². The lowest BCUT2D eigenvalue weighted by atomic mass is 9.92. The second kappa shape index (κ2) is 11.5. The molecule has 4 rings (SSSR count). The van der Waals surface area contributed by atoms with Crippen LogP contribution < -0.4 is 5.32 Å². The Morgan fingerprint density at radius 2 is 1.58 bits per heavy atom. The highest BCUT2D eigenvalue weighted by Gasteiger charge is 2.23. The van der Waals surface area contributed by atoms with Gasteiger partial charge in [0.1, 0.15) is 12.4 Å². The molecule has 6 nitrogen and oxygen atoms in total. The van der Waals surface area contributed by atoms with Crippen LogP contribution in [-0.2, 0) is 10.2 Å². The van der Waals surface area contributed by atoms with Crippen LogP contribution in [0.2, 0.25) is 0 Å². The Labute approximate surface area is 225 Å². The van der Waals surface area contributed by atoms with Crippen molar-refractivity contribution in [2.24, 2.45) is 0 Å². The Morgan fingerprint density at radius 3 is 2.21 bits per heavy atom. The van der Waals surface area contributed by atoms with E-state index < -0.39 is 0 Å². The summed E-state index contributed by atoms with van der Waals surface area (Å²) in [5, 5.41) is 7.81. The van der Waals surface area contributed by atoms with Crippen molar-refractivity contribution in [3.8, 4) is 16.8 Å². The normalized spacial score (nSPS) is 11.3. The third-order valence-electron chi connectivity index (χ3n) is 6.35. The number of amides is 2. The second-order valence-corrected chi connectivity index (χ2v) is 10.6. The van der Waals surface area contributed by atoms with Gasteiger partial charge in [0.15, 0.2) is 0 Å². The van der Waals surface area contributed by atoms with Gasteiger partial charge < -0.3 is 10.2 Å². The van der Waals surface area contributed by atoms with Crippen molar-refractivity contribution in [1.29, 1.82) is 0 Å². The average Bonchev–Trinajstić information content (AvgIpc) is 3.33. The van der Waals surface area contributed by atoms with Crippen molar-refractivity contribution >= 4 is 17.6 Å². The molecule has 1 N–H and O–H groups in total. The Kier molecular flexibility index (Phi) is 8.10. The van der Waals surface area contributed by atoms with E-state index in [9.17, 15) is 9.59 Å². The molecule has 0 fully saturated rings. The summed E-state index contributed by atoms with van der Waals surface area (Å²) in [7, 11) is 0. The van der Waals surface area contributed by atoms with Gasteiger partial charge >= 0.3 is 0 Å². The minimum absolute atomic E-state index is 0.0447. The Bertz CT molecular complexity index is 1400. The summed E-state index contributed by atoms with van der Waals surface area (Å²) in [6.45, 7) is 10.7. The highest BCUT2D eigenvalue weighted by Crippen LogP contribution is 2.27. The molecule has 1 heterocycles. The molecule has 0 saturated heterocycles. The van der Waals surface area contributed by atoms with Gasteiger partial charge in [-0.2, -0.15) is 5.10 Å². The lowest BCUT2D eigenvalue weighted by Gasteiger charge is -2.22. The second-order valence-electron chi connectivity index (χ2n) is 10.6. The fourth-order valence-corrected chi connectivity index (χ4v) is 4.29. The first-order valence-electron chi connectivity index (χ1n) is 13.1. The first kappa shape index (κ1) is 26.9. The SMILES string of the molecule is CCCN(CC(=O)Nc1cc(C(C)(C)C)nn1-c1cccc(C)c1)C(=O)c1ccc(-c2ccccc2)cc1. The molecule has 0 aliphatic carbocycles. The first-order chi connectivity index (χ1) is 18.2. The number of anilines is 1. The number of rotatable bonds is 8. The van der Waals surface area contributed by atoms with Crippen LogP contribution >= 0.6 is 0 Å². The topological polar surface area (TPSA) is 67.2 Å². The van der Waals surface area contributed by atoms with Crippen LogP contribution in [0.4, 0.5) is 5.82 Å². The molecule has 3 aromatic carbocycles. The summed E-state index contributed by atoms with van der Waals surface area (Å²) >= 11 is 0. The fourth-order valence-electron chi connectivity index (χ4n) is 4.29. The van der Waals surface area contributed by atoms with Crippen molar-refractivity contribution < 1.29 is 9.59 Å². The maximum absolute atomic E-state index is 13.4. The molecule has 6 heteroatoms. The number of nitrogens with one attached hydrogen (secondary N) is 1. The number of carbonyl (C=O) groups is 2. The Balaban J connectivity index is 1.53. The standard InChI is InChI=1S/C32H36N4O2/c1-6-19-35(31(38)26-17-15-25(16-18-26)24-12-8-7-9-13-24)22-30(37)33-29-21-28(32(3,4)5)34-36(29)27-14-10-11-23(2)20-27/h7-18,20-21H,6,19,22H2,1-5H3,(H,33,37). The van der Waals surface area contributed by atoms with E-state index in [1.54, 1.807) is 9.58 Å². The molecule has 0 radical (unpaired) electrons. The first-order valence-corrected chi connectivity index (χ1v) is 13.1. The summed E-state index contributed by atoms with van der Waals surface area (Å²) in [6.07, 6.45) is 0.747. The molecule has 0 bridgehead atoms. The number of carbonyl (C=O) groups excluding carboxylic acids is 2. The molecule has 0 aliphatic heterocycles. The predicted octanol–water partition coefficient (Wildman–Crippen LogP) is 6.64. The molecule has 38 heavy (non-hydrogen) atoms. The molecule has 0 saturated carbocycles. The maximum Gasteiger partial charge on any atom is 0.254 e. The van der Waals surface area contributed by atoms with Crippen LogP contribution in [0.25, 0.3) is 16.8 Å². The smallest absolute Gasteiger partial charge is 0.254 e. The number of hydrogen-bond donors (Lipinski definition) is 1.